The van der Waals surface area contributed by atoms with Crippen molar-refractivity contribution in [3.8, 4) is 0 Å². The zero-order valence-corrected chi connectivity index (χ0v) is 10.8. The van der Waals surface area contributed by atoms with Gasteiger partial charge < -0.3 is 4.52 Å². The van der Waals surface area contributed by atoms with Crippen LogP contribution in [0.5, 0.6) is 0 Å². The first kappa shape index (κ1) is 11.8. The fraction of sp³-hybridized carbons (Fsp3) is 0.769. The third-order valence-electron chi connectivity index (χ3n) is 4.14. The van der Waals surface area contributed by atoms with Gasteiger partial charge in [0, 0.05) is 25.3 Å². The fourth-order valence-electron chi connectivity index (χ4n) is 3.34. The molecule has 1 aromatic rings. The second-order valence-corrected chi connectivity index (χ2v) is 5.37. The van der Waals surface area contributed by atoms with Crippen molar-refractivity contribution < 1.29 is 9.32 Å². The van der Waals surface area contributed by atoms with Crippen molar-refractivity contribution in [2.45, 2.75) is 51.6 Å². The van der Waals surface area contributed by atoms with Crippen LogP contribution >= 0.6 is 0 Å². The molecule has 2 heterocycles. The Bertz CT molecular complexity index is 443. The summed E-state index contributed by atoms with van der Waals surface area (Å²) in [6.07, 6.45) is 5.20. The standard InChI is InChI=1S/C13H19N3O2/c1-9-14-13(15-18-9)8-16-7-3-5-11(16)10-4-2-6-12(10)17/h10-11H,2-8H2,1H3. The van der Waals surface area contributed by atoms with Gasteiger partial charge in [-0.2, -0.15) is 4.98 Å². The van der Waals surface area contributed by atoms with Crippen LogP contribution in [-0.2, 0) is 11.3 Å². The minimum atomic E-state index is 0.250. The predicted molar refractivity (Wildman–Crippen MR) is 64.8 cm³/mol. The number of likely N-dealkylation sites (tertiary alicyclic amines) is 1. The lowest BCUT2D eigenvalue weighted by atomic mass is 9.95. The van der Waals surface area contributed by atoms with Crippen LogP contribution in [0.2, 0.25) is 0 Å². The molecule has 0 spiro atoms. The van der Waals surface area contributed by atoms with E-state index in [9.17, 15) is 4.79 Å². The molecule has 0 bridgehead atoms. The van der Waals surface area contributed by atoms with Gasteiger partial charge in [0.1, 0.15) is 5.78 Å². The van der Waals surface area contributed by atoms with Gasteiger partial charge in [0.05, 0.1) is 6.54 Å². The normalized spacial score (nSPS) is 29.3. The van der Waals surface area contributed by atoms with Gasteiger partial charge in [-0.1, -0.05) is 5.16 Å². The molecule has 98 valence electrons. The maximum atomic E-state index is 11.9. The number of hydrogen-bond acceptors (Lipinski definition) is 5. The molecule has 2 fully saturated rings. The van der Waals surface area contributed by atoms with E-state index in [-0.39, 0.29) is 5.92 Å². The van der Waals surface area contributed by atoms with E-state index in [0.717, 1.165) is 38.1 Å². The van der Waals surface area contributed by atoms with Crippen LogP contribution in [0.4, 0.5) is 0 Å². The third kappa shape index (κ3) is 2.19. The number of ketones is 1. The van der Waals surface area contributed by atoms with Gasteiger partial charge in [0.2, 0.25) is 5.89 Å². The number of carbonyl (C=O) groups excluding carboxylic acids is 1. The van der Waals surface area contributed by atoms with Gasteiger partial charge in [0.25, 0.3) is 0 Å². The summed E-state index contributed by atoms with van der Waals surface area (Å²) in [4.78, 5) is 18.5. The lowest BCUT2D eigenvalue weighted by Gasteiger charge is -2.27. The van der Waals surface area contributed by atoms with Gasteiger partial charge in [-0.15, -0.1) is 0 Å². The first-order chi connectivity index (χ1) is 8.74. The van der Waals surface area contributed by atoms with E-state index in [0.29, 0.717) is 24.3 Å². The third-order valence-corrected chi connectivity index (χ3v) is 4.14. The summed E-state index contributed by atoms with van der Waals surface area (Å²) in [5.41, 5.74) is 0. The van der Waals surface area contributed by atoms with E-state index in [4.69, 9.17) is 4.52 Å². The first-order valence-electron chi connectivity index (χ1n) is 6.80. The molecule has 3 rings (SSSR count). The summed E-state index contributed by atoms with van der Waals surface area (Å²) in [6, 6.07) is 0.402. The molecular weight excluding hydrogens is 230 g/mol. The smallest absolute Gasteiger partial charge is 0.223 e. The molecule has 2 unspecified atom stereocenters. The molecule has 2 aliphatic rings. The zero-order valence-electron chi connectivity index (χ0n) is 10.8. The van der Waals surface area contributed by atoms with Crippen molar-refractivity contribution in [3.63, 3.8) is 0 Å². The number of carbonyl (C=O) groups is 1. The van der Waals surface area contributed by atoms with Gasteiger partial charge in [-0.3, -0.25) is 9.69 Å². The van der Waals surface area contributed by atoms with Gasteiger partial charge >= 0.3 is 0 Å². The van der Waals surface area contributed by atoms with Crippen molar-refractivity contribution in [1.29, 1.82) is 0 Å². The largest absolute Gasteiger partial charge is 0.340 e. The van der Waals surface area contributed by atoms with E-state index in [1.54, 1.807) is 6.92 Å². The van der Waals surface area contributed by atoms with Crippen LogP contribution in [0.1, 0.15) is 43.8 Å². The van der Waals surface area contributed by atoms with Crippen molar-refractivity contribution in [2.24, 2.45) is 5.92 Å². The highest BCUT2D eigenvalue weighted by Gasteiger charge is 2.38. The van der Waals surface area contributed by atoms with Crippen LogP contribution in [0, 0.1) is 12.8 Å². The Hall–Kier alpha value is -1.23. The van der Waals surface area contributed by atoms with Crippen LogP contribution in [-0.4, -0.2) is 33.4 Å². The molecule has 0 aromatic carbocycles. The van der Waals surface area contributed by atoms with Crippen molar-refractivity contribution in [2.75, 3.05) is 6.54 Å². The van der Waals surface area contributed by atoms with Crippen LogP contribution in [0.15, 0.2) is 4.52 Å². The molecule has 1 aliphatic heterocycles. The molecule has 0 N–H and O–H groups in total. The summed E-state index contributed by atoms with van der Waals surface area (Å²) in [5.74, 6) is 2.05. The van der Waals surface area contributed by atoms with Crippen LogP contribution in [0.25, 0.3) is 0 Å². The van der Waals surface area contributed by atoms with Crippen molar-refractivity contribution in [3.05, 3.63) is 11.7 Å². The molecule has 5 heteroatoms. The Kier molecular flexibility index (Phi) is 3.16. The highest BCUT2D eigenvalue weighted by Crippen LogP contribution is 2.33. The molecule has 1 saturated carbocycles. The zero-order chi connectivity index (χ0) is 12.5. The molecule has 5 nitrogen and oxygen atoms in total. The minimum absolute atomic E-state index is 0.250. The van der Waals surface area contributed by atoms with Gasteiger partial charge in [-0.05, 0) is 32.2 Å². The number of aromatic nitrogens is 2. The number of aryl methyl sites for hydroxylation is 1. The second-order valence-electron chi connectivity index (χ2n) is 5.37. The van der Waals surface area contributed by atoms with E-state index < -0.39 is 0 Å². The second kappa shape index (κ2) is 4.80. The Morgan fingerprint density at radius 1 is 1.39 bits per heavy atom. The topological polar surface area (TPSA) is 59.2 Å². The average molecular weight is 249 g/mol. The first-order valence-corrected chi connectivity index (χ1v) is 6.80. The highest BCUT2D eigenvalue weighted by molar-refractivity contribution is 5.83. The number of rotatable bonds is 3. The number of Topliss-reactive ketones (excluding diaryl/α,β-unsaturated/α-hetero) is 1. The molecule has 1 aromatic heterocycles. The van der Waals surface area contributed by atoms with E-state index in [2.05, 4.69) is 15.0 Å². The summed E-state index contributed by atoms with van der Waals surface area (Å²) in [7, 11) is 0. The van der Waals surface area contributed by atoms with Gasteiger partial charge in [0.15, 0.2) is 5.82 Å². The maximum Gasteiger partial charge on any atom is 0.223 e. The Morgan fingerprint density at radius 3 is 2.94 bits per heavy atom. The fourth-order valence-corrected chi connectivity index (χ4v) is 3.34. The Balaban J connectivity index is 1.69. The van der Waals surface area contributed by atoms with E-state index in [1.807, 2.05) is 0 Å². The predicted octanol–water partition coefficient (Wildman–Crippen LogP) is 1.71. The number of hydrogen-bond donors (Lipinski definition) is 0. The molecule has 1 saturated heterocycles. The summed E-state index contributed by atoms with van der Waals surface area (Å²) in [6.45, 7) is 3.56. The minimum Gasteiger partial charge on any atom is -0.340 e. The van der Waals surface area contributed by atoms with E-state index in [1.165, 1.54) is 6.42 Å². The maximum absolute atomic E-state index is 11.9. The molecule has 18 heavy (non-hydrogen) atoms. The summed E-state index contributed by atoms with van der Waals surface area (Å²) >= 11 is 0. The quantitative estimate of drug-likeness (QED) is 0.816. The highest BCUT2D eigenvalue weighted by atomic mass is 16.5. The monoisotopic (exact) mass is 249 g/mol. The molecule has 0 amide bonds. The Labute approximate surface area is 107 Å². The lowest BCUT2D eigenvalue weighted by molar-refractivity contribution is -0.122. The van der Waals surface area contributed by atoms with Crippen LogP contribution < -0.4 is 0 Å². The molecule has 1 aliphatic carbocycles. The van der Waals surface area contributed by atoms with Gasteiger partial charge in [-0.25, -0.2) is 0 Å². The molecule has 0 radical (unpaired) electrons. The lowest BCUT2D eigenvalue weighted by Crippen LogP contribution is -2.37. The molecule has 2 atom stereocenters. The summed E-state index contributed by atoms with van der Waals surface area (Å²) in [5, 5.41) is 3.95. The van der Waals surface area contributed by atoms with E-state index >= 15 is 0 Å². The number of nitrogens with zero attached hydrogens (tertiary/aromatic N) is 3. The van der Waals surface area contributed by atoms with Crippen molar-refractivity contribution >= 4 is 5.78 Å². The molecular formula is C13H19N3O2. The average Bonchev–Trinajstić information content (AvgIpc) is 3.02. The Morgan fingerprint density at radius 2 is 2.28 bits per heavy atom. The summed E-state index contributed by atoms with van der Waals surface area (Å²) < 4.78 is 5.00. The van der Waals surface area contributed by atoms with Crippen LogP contribution in [0.3, 0.4) is 0 Å². The SMILES string of the molecule is Cc1nc(CN2CCCC2C2CCCC2=O)no1. The van der Waals surface area contributed by atoms with Crippen molar-refractivity contribution in [1.82, 2.24) is 15.0 Å².